The van der Waals surface area contributed by atoms with Crippen LogP contribution in [-0.4, -0.2) is 11.0 Å². The molecule has 1 heterocycles. The molecule has 0 saturated heterocycles. The summed E-state index contributed by atoms with van der Waals surface area (Å²) in [6.45, 7) is 0. The number of nitrogens with two attached hydrogens (primary N) is 1. The van der Waals surface area contributed by atoms with Gasteiger partial charge in [0.05, 0.1) is 0 Å². The van der Waals surface area contributed by atoms with E-state index in [1.807, 2.05) is 6.07 Å². The van der Waals surface area contributed by atoms with Crippen LogP contribution in [0.15, 0.2) is 24.4 Å². The van der Waals surface area contributed by atoms with E-state index in [0.717, 1.165) is 29.4 Å². The number of aromatic nitrogens is 1. The SMILES string of the molecule is Nc1cc(F)cc2c(NC3CC3)nccc12. The summed E-state index contributed by atoms with van der Waals surface area (Å²) in [4.78, 5) is 4.24. The van der Waals surface area contributed by atoms with Gasteiger partial charge in [-0.2, -0.15) is 0 Å². The maximum Gasteiger partial charge on any atom is 0.134 e. The lowest BCUT2D eigenvalue weighted by Gasteiger charge is -2.09. The molecule has 82 valence electrons. The van der Waals surface area contributed by atoms with Gasteiger partial charge in [-0.3, -0.25) is 0 Å². The number of nitrogens with one attached hydrogen (secondary N) is 1. The Labute approximate surface area is 92.5 Å². The molecule has 0 spiro atoms. The first-order chi connectivity index (χ1) is 7.74. The number of nitrogen functional groups attached to an aromatic ring is 1. The van der Waals surface area contributed by atoms with Crippen molar-refractivity contribution in [3.63, 3.8) is 0 Å². The fraction of sp³-hybridized carbons (Fsp3) is 0.250. The molecule has 1 saturated carbocycles. The molecule has 0 bridgehead atoms. The van der Waals surface area contributed by atoms with Gasteiger partial charge < -0.3 is 11.1 Å². The van der Waals surface area contributed by atoms with Crippen molar-refractivity contribution in [2.75, 3.05) is 11.1 Å². The third-order valence-corrected chi connectivity index (χ3v) is 2.79. The van der Waals surface area contributed by atoms with Crippen molar-refractivity contribution < 1.29 is 4.39 Å². The molecule has 1 aliphatic rings. The number of hydrogen-bond acceptors (Lipinski definition) is 3. The van der Waals surface area contributed by atoms with Crippen LogP contribution in [0.2, 0.25) is 0 Å². The van der Waals surface area contributed by atoms with Crippen LogP contribution in [0.25, 0.3) is 10.8 Å². The van der Waals surface area contributed by atoms with E-state index < -0.39 is 0 Å². The van der Waals surface area contributed by atoms with Crippen molar-refractivity contribution in [3.05, 3.63) is 30.2 Å². The molecule has 4 heteroatoms. The Bertz CT molecular complexity index is 549. The van der Waals surface area contributed by atoms with Gasteiger partial charge in [-0.1, -0.05) is 0 Å². The zero-order valence-electron chi connectivity index (χ0n) is 8.70. The maximum absolute atomic E-state index is 13.3. The summed E-state index contributed by atoms with van der Waals surface area (Å²) < 4.78 is 13.3. The number of hydrogen-bond donors (Lipinski definition) is 2. The molecule has 0 unspecified atom stereocenters. The highest BCUT2D eigenvalue weighted by Crippen LogP contribution is 2.30. The quantitative estimate of drug-likeness (QED) is 0.760. The Morgan fingerprint density at radius 1 is 1.31 bits per heavy atom. The van der Waals surface area contributed by atoms with Crippen LogP contribution >= 0.6 is 0 Å². The molecule has 0 aliphatic heterocycles. The smallest absolute Gasteiger partial charge is 0.134 e. The highest BCUT2D eigenvalue weighted by atomic mass is 19.1. The first kappa shape index (κ1) is 9.39. The van der Waals surface area contributed by atoms with Crippen molar-refractivity contribution in [2.45, 2.75) is 18.9 Å². The van der Waals surface area contributed by atoms with Gasteiger partial charge in [0.2, 0.25) is 0 Å². The fourth-order valence-corrected chi connectivity index (χ4v) is 1.81. The Balaban J connectivity index is 2.19. The van der Waals surface area contributed by atoms with Crippen LogP contribution in [0.1, 0.15) is 12.8 Å². The van der Waals surface area contributed by atoms with E-state index >= 15 is 0 Å². The van der Waals surface area contributed by atoms with Crippen molar-refractivity contribution in [1.29, 1.82) is 0 Å². The van der Waals surface area contributed by atoms with E-state index in [2.05, 4.69) is 10.3 Å². The lowest BCUT2D eigenvalue weighted by Crippen LogP contribution is -2.04. The average molecular weight is 217 g/mol. The second-order valence-electron chi connectivity index (χ2n) is 4.17. The molecule has 3 rings (SSSR count). The average Bonchev–Trinajstić information content (AvgIpc) is 3.03. The Hall–Kier alpha value is -1.84. The number of pyridine rings is 1. The van der Waals surface area contributed by atoms with E-state index in [4.69, 9.17) is 5.73 Å². The predicted molar refractivity (Wildman–Crippen MR) is 62.8 cm³/mol. The van der Waals surface area contributed by atoms with Gasteiger partial charge in [0.25, 0.3) is 0 Å². The third kappa shape index (κ3) is 1.56. The number of benzene rings is 1. The molecule has 3 nitrogen and oxygen atoms in total. The summed E-state index contributed by atoms with van der Waals surface area (Å²) in [6.07, 6.45) is 4.01. The summed E-state index contributed by atoms with van der Waals surface area (Å²) in [6, 6.07) is 5.11. The van der Waals surface area contributed by atoms with Crippen molar-refractivity contribution in [3.8, 4) is 0 Å². The molecule has 1 aromatic heterocycles. The maximum atomic E-state index is 13.3. The summed E-state index contributed by atoms with van der Waals surface area (Å²) in [7, 11) is 0. The molecular formula is C12H12FN3. The van der Waals surface area contributed by atoms with Crippen molar-refractivity contribution >= 4 is 22.3 Å². The second kappa shape index (κ2) is 3.33. The molecule has 16 heavy (non-hydrogen) atoms. The number of halogens is 1. The molecule has 2 aromatic rings. The minimum Gasteiger partial charge on any atom is -0.398 e. The minimum absolute atomic E-state index is 0.322. The van der Waals surface area contributed by atoms with Gasteiger partial charge in [0.1, 0.15) is 11.6 Å². The van der Waals surface area contributed by atoms with Gasteiger partial charge >= 0.3 is 0 Å². The first-order valence-electron chi connectivity index (χ1n) is 5.34. The van der Waals surface area contributed by atoms with Gasteiger partial charge in [-0.15, -0.1) is 0 Å². The normalized spacial score (nSPS) is 15.3. The lowest BCUT2D eigenvalue weighted by molar-refractivity contribution is 0.630. The zero-order valence-corrected chi connectivity index (χ0v) is 8.70. The van der Waals surface area contributed by atoms with E-state index in [0.29, 0.717) is 11.7 Å². The monoisotopic (exact) mass is 217 g/mol. The highest BCUT2D eigenvalue weighted by molar-refractivity contribution is 5.99. The number of rotatable bonds is 2. The molecule has 0 amide bonds. The number of anilines is 2. The van der Waals surface area contributed by atoms with Crippen molar-refractivity contribution in [2.24, 2.45) is 0 Å². The molecule has 1 aliphatic carbocycles. The van der Waals surface area contributed by atoms with Crippen molar-refractivity contribution in [1.82, 2.24) is 4.98 Å². The van der Waals surface area contributed by atoms with Crippen LogP contribution in [0.5, 0.6) is 0 Å². The van der Waals surface area contributed by atoms with Crippen LogP contribution < -0.4 is 11.1 Å². The molecule has 1 aromatic carbocycles. The number of nitrogens with zero attached hydrogens (tertiary/aromatic N) is 1. The molecular weight excluding hydrogens is 205 g/mol. The predicted octanol–water partition coefficient (Wildman–Crippen LogP) is 2.53. The van der Waals surface area contributed by atoms with Crippen LogP contribution in [-0.2, 0) is 0 Å². The van der Waals surface area contributed by atoms with Gasteiger partial charge in [0, 0.05) is 28.7 Å². The van der Waals surface area contributed by atoms with Gasteiger partial charge in [-0.05, 0) is 31.0 Å². The van der Waals surface area contributed by atoms with Crippen LogP contribution in [0.3, 0.4) is 0 Å². The van der Waals surface area contributed by atoms with Crippen LogP contribution in [0, 0.1) is 5.82 Å². The first-order valence-corrected chi connectivity index (χ1v) is 5.34. The van der Waals surface area contributed by atoms with Gasteiger partial charge in [0.15, 0.2) is 0 Å². The molecule has 0 atom stereocenters. The van der Waals surface area contributed by atoms with E-state index in [9.17, 15) is 4.39 Å². The van der Waals surface area contributed by atoms with E-state index in [-0.39, 0.29) is 5.82 Å². The Morgan fingerprint density at radius 3 is 2.88 bits per heavy atom. The Kier molecular flexibility index (Phi) is 1.96. The largest absolute Gasteiger partial charge is 0.398 e. The summed E-state index contributed by atoms with van der Waals surface area (Å²) in [5.41, 5.74) is 6.23. The summed E-state index contributed by atoms with van der Waals surface area (Å²) in [5, 5.41) is 4.88. The number of fused-ring (bicyclic) bond motifs is 1. The third-order valence-electron chi connectivity index (χ3n) is 2.79. The Morgan fingerprint density at radius 2 is 2.12 bits per heavy atom. The topological polar surface area (TPSA) is 50.9 Å². The standard InChI is InChI=1S/C12H12FN3/c13-7-5-10-9(11(14)6-7)3-4-15-12(10)16-8-1-2-8/h3-6,8H,1-2,14H2,(H,15,16). The van der Waals surface area contributed by atoms with E-state index in [1.54, 1.807) is 6.20 Å². The summed E-state index contributed by atoms with van der Waals surface area (Å²) in [5.74, 6) is 0.406. The second-order valence-corrected chi connectivity index (χ2v) is 4.17. The van der Waals surface area contributed by atoms with Crippen LogP contribution in [0.4, 0.5) is 15.9 Å². The summed E-state index contributed by atoms with van der Waals surface area (Å²) >= 11 is 0. The minimum atomic E-state index is -0.322. The molecule has 1 fully saturated rings. The molecule has 3 N–H and O–H groups in total. The fourth-order valence-electron chi connectivity index (χ4n) is 1.81. The highest BCUT2D eigenvalue weighted by Gasteiger charge is 2.22. The molecule has 0 radical (unpaired) electrons. The van der Waals surface area contributed by atoms with E-state index in [1.165, 1.54) is 12.1 Å². The van der Waals surface area contributed by atoms with Gasteiger partial charge in [-0.25, -0.2) is 9.37 Å². The lowest BCUT2D eigenvalue weighted by atomic mass is 10.1. The zero-order chi connectivity index (χ0) is 11.1.